The molecular weight excluding hydrogens is 220 g/mol. The lowest BCUT2D eigenvalue weighted by molar-refractivity contribution is 0.0663. The molecule has 0 spiro atoms. The van der Waals surface area contributed by atoms with Gasteiger partial charge in [-0.1, -0.05) is 6.07 Å². The number of hydrogen-bond donors (Lipinski definition) is 1. The number of imidazole rings is 1. The van der Waals surface area contributed by atoms with E-state index in [4.69, 9.17) is 0 Å². The number of rotatable bonds is 4. The summed E-state index contributed by atoms with van der Waals surface area (Å²) >= 11 is 1.68. The molecule has 0 amide bonds. The van der Waals surface area contributed by atoms with Crippen molar-refractivity contribution in [3.05, 3.63) is 29.9 Å². The second-order valence-electron chi connectivity index (χ2n) is 4.48. The minimum atomic E-state index is -0.628. The Bertz CT molecular complexity index is 440. The van der Waals surface area contributed by atoms with Gasteiger partial charge in [0.25, 0.3) is 0 Å². The lowest BCUT2D eigenvalue weighted by atomic mass is 10.1. The molecule has 0 saturated heterocycles. The Morgan fingerprint density at radius 2 is 2.31 bits per heavy atom. The largest absolute Gasteiger partial charge is 0.390 e. The molecule has 0 radical (unpaired) electrons. The van der Waals surface area contributed by atoms with E-state index in [0.717, 1.165) is 18.8 Å². The third-order valence-electron chi connectivity index (χ3n) is 2.42. The van der Waals surface area contributed by atoms with Gasteiger partial charge >= 0.3 is 0 Å². The highest BCUT2D eigenvalue weighted by Gasteiger charge is 2.14. The van der Waals surface area contributed by atoms with Gasteiger partial charge in [0.1, 0.15) is 5.82 Å². The number of aliphatic hydroxyl groups is 1. The molecule has 0 aromatic carbocycles. The topological polar surface area (TPSA) is 38.0 Å². The van der Waals surface area contributed by atoms with Crippen molar-refractivity contribution in [3.63, 3.8) is 0 Å². The van der Waals surface area contributed by atoms with Crippen molar-refractivity contribution in [2.75, 3.05) is 0 Å². The summed E-state index contributed by atoms with van der Waals surface area (Å²) in [4.78, 5) is 5.52. The molecule has 0 saturated carbocycles. The minimum Gasteiger partial charge on any atom is -0.390 e. The van der Waals surface area contributed by atoms with Crippen LogP contribution in [0, 0.1) is 0 Å². The van der Waals surface area contributed by atoms with Crippen LogP contribution >= 0.6 is 11.3 Å². The van der Waals surface area contributed by atoms with Crippen LogP contribution in [0.15, 0.2) is 29.9 Å². The second kappa shape index (κ2) is 4.39. The van der Waals surface area contributed by atoms with Gasteiger partial charge in [-0.2, -0.15) is 0 Å². The van der Waals surface area contributed by atoms with Crippen LogP contribution in [0.25, 0.3) is 10.7 Å². The first-order chi connectivity index (χ1) is 7.56. The highest BCUT2D eigenvalue weighted by atomic mass is 32.1. The molecule has 2 aromatic rings. The molecule has 1 N–H and O–H groups in total. The van der Waals surface area contributed by atoms with Crippen molar-refractivity contribution in [1.82, 2.24) is 9.55 Å². The zero-order valence-corrected chi connectivity index (χ0v) is 10.4. The fourth-order valence-corrected chi connectivity index (χ4v) is 2.25. The van der Waals surface area contributed by atoms with E-state index < -0.39 is 5.60 Å². The average Bonchev–Trinajstić information content (AvgIpc) is 2.84. The predicted molar refractivity (Wildman–Crippen MR) is 66.5 cm³/mol. The fraction of sp³-hybridized carbons (Fsp3) is 0.417. The zero-order chi connectivity index (χ0) is 11.6. The van der Waals surface area contributed by atoms with E-state index in [9.17, 15) is 5.11 Å². The molecule has 2 aromatic heterocycles. The molecule has 0 aliphatic heterocycles. The van der Waals surface area contributed by atoms with Gasteiger partial charge in [0.15, 0.2) is 0 Å². The van der Waals surface area contributed by atoms with Crippen molar-refractivity contribution in [2.45, 2.75) is 32.4 Å². The molecule has 0 aliphatic carbocycles. The molecule has 3 nitrogen and oxygen atoms in total. The van der Waals surface area contributed by atoms with Crippen molar-refractivity contribution in [1.29, 1.82) is 0 Å². The van der Waals surface area contributed by atoms with Crippen molar-refractivity contribution < 1.29 is 5.11 Å². The summed E-state index contributed by atoms with van der Waals surface area (Å²) in [6.45, 7) is 4.44. The van der Waals surface area contributed by atoms with E-state index in [2.05, 4.69) is 15.6 Å². The fourth-order valence-electron chi connectivity index (χ4n) is 1.51. The summed E-state index contributed by atoms with van der Waals surface area (Å²) in [5.41, 5.74) is -0.628. The average molecular weight is 236 g/mol. The van der Waals surface area contributed by atoms with Crippen LogP contribution in [-0.2, 0) is 6.54 Å². The van der Waals surface area contributed by atoms with Crippen molar-refractivity contribution in [3.8, 4) is 10.7 Å². The molecular formula is C12H16N2OS. The smallest absolute Gasteiger partial charge is 0.149 e. The first-order valence-electron chi connectivity index (χ1n) is 5.34. The van der Waals surface area contributed by atoms with Gasteiger partial charge in [-0.3, -0.25) is 0 Å². The van der Waals surface area contributed by atoms with E-state index in [1.165, 1.54) is 4.88 Å². The Hall–Kier alpha value is -1.13. The van der Waals surface area contributed by atoms with Gasteiger partial charge in [0.2, 0.25) is 0 Å². The second-order valence-corrected chi connectivity index (χ2v) is 5.43. The Balaban J connectivity index is 2.14. The van der Waals surface area contributed by atoms with Crippen LogP contribution in [0.5, 0.6) is 0 Å². The van der Waals surface area contributed by atoms with E-state index in [1.807, 2.05) is 31.5 Å². The number of nitrogens with zero attached hydrogens (tertiary/aromatic N) is 2. The number of thiophene rings is 1. The van der Waals surface area contributed by atoms with Crippen LogP contribution in [0.1, 0.15) is 20.3 Å². The third kappa shape index (κ3) is 2.71. The Morgan fingerprint density at radius 3 is 2.94 bits per heavy atom. The van der Waals surface area contributed by atoms with Crippen LogP contribution in [0.2, 0.25) is 0 Å². The minimum absolute atomic E-state index is 0.628. The molecule has 86 valence electrons. The molecule has 0 atom stereocenters. The zero-order valence-electron chi connectivity index (χ0n) is 9.55. The van der Waals surface area contributed by atoms with E-state index in [0.29, 0.717) is 0 Å². The summed E-state index contributed by atoms with van der Waals surface area (Å²) in [5, 5.41) is 11.8. The highest BCUT2D eigenvalue weighted by molar-refractivity contribution is 7.13. The van der Waals surface area contributed by atoms with Gasteiger partial charge in [0.05, 0.1) is 10.5 Å². The lowest BCUT2D eigenvalue weighted by Gasteiger charge is -2.17. The normalized spacial score (nSPS) is 11.9. The van der Waals surface area contributed by atoms with Gasteiger partial charge in [0, 0.05) is 18.9 Å². The third-order valence-corrected chi connectivity index (χ3v) is 3.29. The van der Waals surface area contributed by atoms with E-state index in [-0.39, 0.29) is 0 Å². The van der Waals surface area contributed by atoms with Gasteiger partial charge in [-0.15, -0.1) is 11.3 Å². The summed E-state index contributed by atoms with van der Waals surface area (Å²) in [6.07, 6.45) is 4.49. The Kier molecular flexibility index (Phi) is 3.12. The molecule has 2 rings (SSSR count). The quantitative estimate of drug-likeness (QED) is 0.886. The molecule has 2 heterocycles. The van der Waals surface area contributed by atoms with E-state index >= 15 is 0 Å². The van der Waals surface area contributed by atoms with E-state index in [1.54, 1.807) is 17.5 Å². The van der Waals surface area contributed by atoms with Crippen LogP contribution in [0.3, 0.4) is 0 Å². The summed E-state index contributed by atoms with van der Waals surface area (Å²) in [5.74, 6) is 0.985. The first-order valence-corrected chi connectivity index (χ1v) is 6.22. The summed E-state index contributed by atoms with van der Waals surface area (Å²) < 4.78 is 2.09. The lowest BCUT2D eigenvalue weighted by Crippen LogP contribution is -2.21. The summed E-state index contributed by atoms with van der Waals surface area (Å²) in [7, 11) is 0. The molecule has 0 aliphatic rings. The van der Waals surface area contributed by atoms with Crippen LogP contribution in [-0.4, -0.2) is 20.3 Å². The van der Waals surface area contributed by atoms with Crippen LogP contribution < -0.4 is 0 Å². The van der Waals surface area contributed by atoms with Crippen molar-refractivity contribution in [2.24, 2.45) is 0 Å². The maximum atomic E-state index is 9.71. The van der Waals surface area contributed by atoms with Gasteiger partial charge < -0.3 is 9.67 Å². The number of aromatic nitrogens is 2. The number of hydrogen-bond acceptors (Lipinski definition) is 3. The Labute approximate surface area is 99.4 Å². The highest BCUT2D eigenvalue weighted by Crippen LogP contribution is 2.23. The van der Waals surface area contributed by atoms with Crippen molar-refractivity contribution >= 4 is 11.3 Å². The first kappa shape index (κ1) is 11.4. The summed E-state index contributed by atoms with van der Waals surface area (Å²) in [6, 6.07) is 4.09. The Morgan fingerprint density at radius 1 is 1.50 bits per heavy atom. The number of aryl methyl sites for hydroxylation is 1. The molecule has 16 heavy (non-hydrogen) atoms. The monoisotopic (exact) mass is 236 g/mol. The molecule has 0 unspecified atom stereocenters. The SMILES string of the molecule is CC(C)(O)CCn1ccnc1-c1cccs1. The molecule has 0 bridgehead atoms. The predicted octanol–water partition coefficient (Wildman–Crippen LogP) is 2.77. The standard InChI is InChI=1S/C12H16N2OS/c1-12(2,15)5-7-14-8-6-13-11(14)10-4-3-9-16-10/h3-4,6,8-9,15H,5,7H2,1-2H3. The maximum Gasteiger partial charge on any atom is 0.149 e. The van der Waals surface area contributed by atoms with Gasteiger partial charge in [-0.25, -0.2) is 4.98 Å². The maximum absolute atomic E-state index is 9.71. The van der Waals surface area contributed by atoms with Gasteiger partial charge in [-0.05, 0) is 31.7 Å². The van der Waals surface area contributed by atoms with Crippen LogP contribution in [0.4, 0.5) is 0 Å². The molecule has 0 fully saturated rings. The molecule has 4 heteroatoms.